The van der Waals surface area contributed by atoms with Gasteiger partial charge in [-0.15, -0.1) is 11.3 Å². The van der Waals surface area contributed by atoms with E-state index in [0.717, 1.165) is 4.88 Å². The number of hydrogen-bond donors (Lipinski definition) is 5. The number of hydrogen-bond acceptors (Lipinski definition) is 7. The van der Waals surface area contributed by atoms with E-state index in [1.165, 1.54) is 11.3 Å². The van der Waals surface area contributed by atoms with Crippen molar-refractivity contribution in [3.05, 3.63) is 44.5 Å². The second-order valence-corrected chi connectivity index (χ2v) is 7.68. The highest BCUT2D eigenvalue weighted by atomic mass is 32.1. The fourth-order valence-electron chi connectivity index (χ4n) is 2.94. The van der Waals surface area contributed by atoms with Gasteiger partial charge in [0, 0.05) is 24.0 Å². The Hall–Kier alpha value is -3.67. The molecule has 0 aliphatic heterocycles. The second-order valence-electron chi connectivity index (χ2n) is 6.51. The van der Waals surface area contributed by atoms with Crippen LogP contribution >= 0.6 is 11.3 Å². The number of carboxylic acid groups (broad SMARTS) is 2. The summed E-state index contributed by atoms with van der Waals surface area (Å²) in [6.45, 7) is 0.468. The maximum Gasteiger partial charge on any atom is 0.326 e. The SMILES string of the molecule is Nc1nc2ccn(CCc3ccc(C(=O)N[C@@H](CCC(=O)O)C(=O)O)s3)c2c(=O)[nH]1. The zero-order valence-corrected chi connectivity index (χ0v) is 16.4. The van der Waals surface area contributed by atoms with Crippen LogP contribution in [0.4, 0.5) is 5.95 Å². The number of H-pyrrole nitrogens is 1. The number of aromatic amines is 1. The molecule has 0 aromatic carbocycles. The molecule has 0 fully saturated rings. The third kappa shape index (κ3) is 4.84. The van der Waals surface area contributed by atoms with Crippen molar-refractivity contribution in [3.8, 4) is 0 Å². The van der Waals surface area contributed by atoms with Gasteiger partial charge in [0.05, 0.1) is 10.4 Å². The summed E-state index contributed by atoms with van der Waals surface area (Å²) in [5.41, 5.74) is 6.09. The summed E-state index contributed by atoms with van der Waals surface area (Å²) < 4.78 is 1.74. The molecule has 158 valence electrons. The lowest BCUT2D eigenvalue weighted by Crippen LogP contribution is -2.40. The Bertz CT molecular complexity index is 1160. The summed E-state index contributed by atoms with van der Waals surface area (Å²) in [6.07, 6.45) is 1.69. The van der Waals surface area contributed by atoms with Crippen LogP contribution < -0.4 is 16.6 Å². The van der Waals surface area contributed by atoms with Crippen molar-refractivity contribution in [1.29, 1.82) is 0 Å². The van der Waals surface area contributed by atoms with Gasteiger partial charge in [-0.05, 0) is 31.0 Å². The van der Waals surface area contributed by atoms with E-state index in [9.17, 15) is 19.2 Å². The Balaban J connectivity index is 1.65. The lowest BCUT2D eigenvalue weighted by molar-refractivity contribution is -0.140. The fourth-order valence-corrected chi connectivity index (χ4v) is 3.84. The Morgan fingerprint density at radius 2 is 2.03 bits per heavy atom. The molecule has 0 aliphatic rings. The topological polar surface area (TPSA) is 180 Å². The van der Waals surface area contributed by atoms with Gasteiger partial charge in [-0.3, -0.25) is 19.4 Å². The lowest BCUT2D eigenvalue weighted by atomic mass is 10.1. The largest absolute Gasteiger partial charge is 0.481 e. The van der Waals surface area contributed by atoms with E-state index in [0.29, 0.717) is 28.9 Å². The predicted octanol–water partition coefficient (Wildman–Crippen LogP) is 0.659. The van der Waals surface area contributed by atoms with E-state index in [1.54, 1.807) is 29.0 Å². The van der Waals surface area contributed by atoms with Crippen LogP contribution in [-0.2, 0) is 22.6 Å². The lowest BCUT2D eigenvalue weighted by Gasteiger charge is -2.12. The van der Waals surface area contributed by atoms with Gasteiger partial charge in [-0.2, -0.15) is 0 Å². The molecule has 0 bridgehead atoms. The van der Waals surface area contributed by atoms with Crippen LogP contribution in [0.25, 0.3) is 11.0 Å². The first-order valence-electron chi connectivity index (χ1n) is 8.93. The number of fused-ring (bicyclic) bond motifs is 1. The highest BCUT2D eigenvalue weighted by Crippen LogP contribution is 2.19. The molecule has 1 atom stereocenters. The fraction of sp³-hybridized carbons (Fsp3) is 0.278. The van der Waals surface area contributed by atoms with E-state index < -0.39 is 23.9 Å². The van der Waals surface area contributed by atoms with E-state index in [1.807, 2.05) is 0 Å². The molecule has 0 radical (unpaired) electrons. The van der Waals surface area contributed by atoms with Crippen molar-refractivity contribution in [2.45, 2.75) is 31.8 Å². The number of aromatic nitrogens is 3. The number of carbonyl (C=O) groups is 3. The summed E-state index contributed by atoms with van der Waals surface area (Å²) >= 11 is 1.20. The average molecular weight is 433 g/mol. The minimum Gasteiger partial charge on any atom is -0.481 e. The molecule has 3 aromatic heterocycles. The number of nitrogens with zero attached hydrogens (tertiary/aromatic N) is 2. The molecule has 0 spiro atoms. The number of rotatable bonds is 9. The van der Waals surface area contributed by atoms with Gasteiger partial charge in [0.25, 0.3) is 11.5 Å². The standard InChI is InChI=1S/C18H19N5O6S/c19-18-21-10-6-8-23(14(10)16(27)22-18)7-5-9-1-3-12(30-9)15(26)20-11(17(28)29)2-4-13(24)25/h1,3,6,8,11H,2,4-5,7H2,(H,20,26)(H,24,25)(H,28,29)(H3,19,21,22,27)/t11-/m0/s1. The van der Waals surface area contributed by atoms with Gasteiger partial charge in [-0.25, -0.2) is 9.78 Å². The van der Waals surface area contributed by atoms with Crippen LogP contribution in [-0.4, -0.2) is 48.6 Å². The van der Waals surface area contributed by atoms with Crippen molar-refractivity contribution >= 4 is 46.2 Å². The molecule has 0 saturated heterocycles. The molecule has 3 aromatic rings. The van der Waals surface area contributed by atoms with Crippen molar-refractivity contribution in [2.24, 2.45) is 0 Å². The average Bonchev–Trinajstić information content (AvgIpc) is 3.29. The Morgan fingerprint density at radius 3 is 2.73 bits per heavy atom. The van der Waals surface area contributed by atoms with E-state index in [4.69, 9.17) is 15.9 Å². The van der Waals surface area contributed by atoms with Crippen LogP contribution in [0.5, 0.6) is 0 Å². The predicted molar refractivity (Wildman–Crippen MR) is 109 cm³/mol. The molecular formula is C18H19N5O6S. The Labute approximate surface area is 173 Å². The monoisotopic (exact) mass is 433 g/mol. The van der Waals surface area contributed by atoms with Crippen molar-refractivity contribution in [2.75, 3.05) is 5.73 Å². The van der Waals surface area contributed by atoms with E-state index in [-0.39, 0.29) is 24.3 Å². The number of carbonyl (C=O) groups excluding carboxylic acids is 1. The molecule has 11 nitrogen and oxygen atoms in total. The van der Waals surface area contributed by atoms with Crippen molar-refractivity contribution in [3.63, 3.8) is 0 Å². The molecule has 12 heteroatoms. The molecule has 0 aliphatic carbocycles. The summed E-state index contributed by atoms with van der Waals surface area (Å²) in [7, 11) is 0. The van der Waals surface area contributed by atoms with Gasteiger partial charge < -0.3 is 25.8 Å². The highest BCUT2D eigenvalue weighted by Gasteiger charge is 2.22. The summed E-state index contributed by atoms with van der Waals surface area (Å²) in [4.78, 5) is 54.0. The first-order valence-corrected chi connectivity index (χ1v) is 9.75. The zero-order valence-electron chi connectivity index (χ0n) is 15.6. The third-order valence-electron chi connectivity index (χ3n) is 4.37. The molecule has 0 saturated carbocycles. The molecule has 6 N–H and O–H groups in total. The molecule has 1 amide bonds. The molecule has 3 rings (SSSR count). The van der Waals surface area contributed by atoms with Crippen LogP contribution in [0.15, 0.2) is 29.2 Å². The first-order chi connectivity index (χ1) is 14.2. The van der Waals surface area contributed by atoms with Crippen molar-refractivity contribution in [1.82, 2.24) is 19.9 Å². The minimum atomic E-state index is -1.29. The highest BCUT2D eigenvalue weighted by molar-refractivity contribution is 7.14. The van der Waals surface area contributed by atoms with E-state index in [2.05, 4.69) is 15.3 Å². The van der Waals surface area contributed by atoms with Gasteiger partial charge >= 0.3 is 11.9 Å². The molecule has 3 heterocycles. The maximum atomic E-state index is 12.3. The maximum absolute atomic E-state index is 12.3. The number of nitrogen functional groups attached to an aromatic ring is 1. The van der Waals surface area contributed by atoms with E-state index >= 15 is 0 Å². The zero-order chi connectivity index (χ0) is 21.8. The van der Waals surface area contributed by atoms with Gasteiger partial charge in [-0.1, -0.05) is 0 Å². The summed E-state index contributed by atoms with van der Waals surface area (Å²) in [6, 6.07) is 3.74. The number of anilines is 1. The summed E-state index contributed by atoms with van der Waals surface area (Å²) in [5.74, 6) is -2.96. The van der Waals surface area contributed by atoms with Crippen LogP contribution in [0.1, 0.15) is 27.4 Å². The third-order valence-corrected chi connectivity index (χ3v) is 5.52. The van der Waals surface area contributed by atoms with Crippen molar-refractivity contribution < 1.29 is 24.6 Å². The first kappa shape index (κ1) is 21.0. The Kier molecular flexibility index (Phi) is 6.16. The smallest absolute Gasteiger partial charge is 0.326 e. The van der Waals surface area contributed by atoms with Crippen LogP contribution in [0.3, 0.4) is 0 Å². The Morgan fingerprint density at radius 1 is 1.27 bits per heavy atom. The van der Waals surface area contributed by atoms with Gasteiger partial charge in [0.2, 0.25) is 5.95 Å². The summed E-state index contributed by atoms with van der Waals surface area (Å²) in [5, 5.41) is 20.2. The number of nitrogens with two attached hydrogens (primary N) is 1. The molecular weight excluding hydrogens is 414 g/mol. The minimum absolute atomic E-state index is 0.0437. The normalized spacial score (nSPS) is 12.0. The van der Waals surface area contributed by atoms with Crippen LogP contribution in [0.2, 0.25) is 0 Å². The number of nitrogens with one attached hydrogen (secondary N) is 2. The van der Waals surface area contributed by atoms with Gasteiger partial charge in [0.15, 0.2) is 0 Å². The van der Waals surface area contributed by atoms with Crippen LogP contribution in [0, 0.1) is 0 Å². The quantitative estimate of drug-likeness (QED) is 0.326. The molecule has 0 unspecified atom stereocenters. The number of aryl methyl sites for hydroxylation is 2. The number of amides is 1. The number of carboxylic acids is 2. The number of thiophene rings is 1. The van der Waals surface area contributed by atoms with Gasteiger partial charge in [0.1, 0.15) is 11.6 Å². The second kappa shape index (κ2) is 8.78. The number of aliphatic carboxylic acids is 2. The molecule has 30 heavy (non-hydrogen) atoms.